The van der Waals surface area contributed by atoms with Gasteiger partial charge in [0.15, 0.2) is 0 Å². The summed E-state index contributed by atoms with van der Waals surface area (Å²) in [6.07, 6.45) is -1.09. The van der Waals surface area contributed by atoms with Gasteiger partial charge in [0.25, 0.3) is 5.69 Å². The lowest BCUT2D eigenvalue weighted by Gasteiger charge is -2.33. The highest BCUT2D eigenvalue weighted by Crippen LogP contribution is 2.26. The molecule has 266 valence electrons. The number of ether oxygens (including phenoxy) is 3. The minimum Gasteiger partial charge on any atom is -0.491 e. The van der Waals surface area contributed by atoms with Crippen molar-refractivity contribution < 1.29 is 33.8 Å². The number of hydrogen-bond donors (Lipinski definition) is 1. The smallest absolute Gasteiger partial charge is 0.410 e. The molecule has 2 atom stereocenters. The first-order chi connectivity index (χ1) is 24.4. The molecule has 11 heteroatoms. The van der Waals surface area contributed by atoms with Crippen LogP contribution < -0.4 is 4.74 Å². The molecule has 2 unspecified atom stereocenters. The lowest BCUT2D eigenvalue weighted by atomic mass is 10.0. The number of fused-ring (bicyclic) bond motifs is 1. The minimum absolute atomic E-state index is 0.00578. The van der Waals surface area contributed by atoms with Gasteiger partial charge in [-0.3, -0.25) is 10.1 Å². The van der Waals surface area contributed by atoms with Crippen LogP contribution in [0, 0.1) is 10.1 Å². The normalized spacial score (nSPS) is 12.6. The van der Waals surface area contributed by atoms with Crippen molar-refractivity contribution in [1.29, 1.82) is 0 Å². The number of aromatic nitrogens is 1. The average molecular weight is 694 g/mol. The summed E-state index contributed by atoms with van der Waals surface area (Å²) in [5.41, 5.74) is 2.87. The number of nitro benzene ring substituents is 1. The Labute approximate surface area is 297 Å². The summed E-state index contributed by atoms with van der Waals surface area (Å²) in [4.78, 5) is 39.2. The number of para-hydroxylation sites is 1. The number of esters is 1. The predicted octanol–water partition coefficient (Wildman–Crippen LogP) is 7.56. The number of benzene rings is 4. The van der Waals surface area contributed by atoms with E-state index in [1.807, 2.05) is 78.2 Å². The number of hydrogen-bond acceptors (Lipinski definition) is 8. The van der Waals surface area contributed by atoms with Crippen molar-refractivity contribution in [3.05, 3.63) is 142 Å². The zero-order chi connectivity index (χ0) is 36.5. The van der Waals surface area contributed by atoms with Crippen LogP contribution in [0.25, 0.3) is 10.9 Å². The molecule has 1 aromatic heterocycles. The molecular weight excluding hydrogens is 650 g/mol. The Bertz CT molecular complexity index is 1940. The minimum atomic E-state index is -0.972. The number of non-ortho nitro benzene ring substituents is 1. The first-order valence-electron chi connectivity index (χ1n) is 16.8. The SMILES string of the molecule is CC(Cc1ccc2c(c1)cc(C(=O)OCc1ccccc1)n2Cc1ccc([N+](=O)[O-])cc1)N(CC(O)COc1ccccc1)C(=O)OC(C)(C)C. The fraction of sp³-hybridized carbons (Fsp3) is 0.300. The molecule has 5 rings (SSSR count). The van der Waals surface area contributed by atoms with Crippen LogP contribution in [0.4, 0.5) is 10.5 Å². The van der Waals surface area contributed by atoms with Gasteiger partial charge in [0.2, 0.25) is 0 Å². The Morgan fingerprint density at radius 1 is 0.882 bits per heavy atom. The van der Waals surface area contributed by atoms with E-state index in [1.54, 1.807) is 51.1 Å². The number of carbonyl (C=O) groups excluding carboxylic acids is 2. The number of amides is 1. The van der Waals surface area contributed by atoms with Crippen molar-refractivity contribution in [2.75, 3.05) is 13.2 Å². The van der Waals surface area contributed by atoms with E-state index in [4.69, 9.17) is 14.2 Å². The van der Waals surface area contributed by atoms with Crippen LogP contribution in [0.3, 0.4) is 0 Å². The molecule has 0 bridgehead atoms. The zero-order valence-electron chi connectivity index (χ0n) is 29.2. The van der Waals surface area contributed by atoms with Gasteiger partial charge in [-0.1, -0.05) is 66.7 Å². The lowest BCUT2D eigenvalue weighted by Crippen LogP contribution is -2.47. The van der Waals surface area contributed by atoms with Crippen molar-refractivity contribution in [2.45, 2.75) is 65.0 Å². The van der Waals surface area contributed by atoms with Gasteiger partial charge < -0.3 is 28.8 Å². The van der Waals surface area contributed by atoms with Gasteiger partial charge in [0.1, 0.15) is 36.4 Å². The molecule has 4 aromatic carbocycles. The van der Waals surface area contributed by atoms with E-state index in [9.17, 15) is 24.8 Å². The zero-order valence-corrected chi connectivity index (χ0v) is 29.2. The van der Waals surface area contributed by atoms with Crippen LogP contribution >= 0.6 is 0 Å². The van der Waals surface area contributed by atoms with Gasteiger partial charge in [-0.2, -0.15) is 0 Å². The third-order valence-corrected chi connectivity index (χ3v) is 8.16. The van der Waals surface area contributed by atoms with Gasteiger partial charge in [-0.15, -0.1) is 0 Å². The van der Waals surface area contributed by atoms with Crippen molar-refractivity contribution in [3.8, 4) is 5.75 Å². The Kier molecular flexibility index (Phi) is 11.7. The maximum atomic E-state index is 13.5. The molecule has 0 saturated carbocycles. The monoisotopic (exact) mass is 693 g/mol. The fourth-order valence-corrected chi connectivity index (χ4v) is 5.68. The Morgan fingerprint density at radius 3 is 2.18 bits per heavy atom. The molecule has 0 aliphatic heterocycles. The van der Waals surface area contributed by atoms with E-state index >= 15 is 0 Å². The third kappa shape index (κ3) is 10.2. The summed E-state index contributed by atoms with van der Waals surface area (Å²) in [6.45, 7) is 7.64. The molecule has 1 N–H and O–H groups in total. The molecule has 0 saturated heterocycles. The van der Waals surface area contributed by atoms with E-state index in [1.165, 1.54) is 17.0 Å². The van der Waals surface area contributed by atoms with E-state index in [2.05, 4.69) is 0 Å². The van der Waals surface area contributed by atoms with Crippen molar-refractivity contribution >= 4 is 28.7 Å². The summed E-state index contributed by atoms with van der Waals surface area (Å²) >= 11 is 0. The van der Waals surface area contributed by atoms with Crippen molar-refractivity contribution in [2.24, 2.45) is 0 Å². The summed E-state index contributed by atoms with van der Waals surface area (Å²) in [5.74, 6) is 0.111. The number of aliphatic hydroxyl groups excluding tert-OH is 1. The predicted molar refractivity (Wildman–Crippen MR) is 194 cm³/mol. The molecule has 0 aliphatic rings. The molecule has 0 spiro atoms. The summed E-state index contributed by atoms with van der Waals surface area (Å²) in [6, 6.07) is 32.0. The lowest BCUT2D eigenvalue weighted by molar-refractivity contribution is -0.384. The van der Waals surface area contributed by atoms with Crippen LogP contribution in [0.1, 0.15) is 54.9 Å². The van der Waals surface area contributed by atoms with Crippen LogP contribution in [-0.4, -0.2) is 62.5 Å². The fourth-order valence-electron chi connectivity index (χ4n) is 5.68. The maximum Gasteiger partial charge on any atom is 0.410 e. The van der Waals surface area contributed by atoms with Crippen LogP contribution in [0.15, 0.2) is 109 Å². The molecular formula is C40H43N3O8. The first kappa shape index (κ1) is 36.6. The van der Waals surface area contributed by atoms with Crippen LogP contribution in [0.2, 0.25) is 0 Å². The summed E-state index contributed by atoms with van der Waals surface area (Å²) < 4.78 is 19.0. The number of nitro groups is 1. The molecule has 1 amide bonds. The molecule has 5 aromatic rings. The standard InChI is InChI=1S/C40H43N3O8/c1-28(41(39(46)51-40(2,3)4)25-34(44)27-49-35-13-9-6-10-14-35)21-31-17-20-36-32(22-31)23-37(38(45)50-26-30-11-7-5-8-12-30)42(36)24-29-15-18-33(19-16-29)43(47)48/h5-20,22-23,28,34,44H,21,24-27H2,1-4H3. The van der Waals surface area contributed by atoms with E-state index < -0.39 is 28.7 Å². The largest absolute Gasteiger partial charge is 0.491 e. The topological polar surface area (TPSA) is 133 Å². The second-order valence-electron chi connectivity index (χ2n) is 13.5. The van der Waals surface area contributed by atoms with Gasteiger partial charge in [0, 0.05) is 35.6 Å². The summed E-state index contributed by atoms with van der Waals surface area (Å²) in [7, 11) is 0. The van der Waals surface area contributed by atoms with E-state index in [-0.39, 0.29) is 38.0 Å². The second kappa shape index (κ2) is 16.4. The summed E-state index contributed by atoms with van der Waals surface area (Å²) in [5, 5.41) is 22.9. The first-order valence-corrected chi connectivity index (χ1v) is 16.8. The van der Waals surface area contributed by atoms with Gasteiger partial charge >= 0.3 is 12.1 Å². The van der Waals surface area contributed by atoms with Gasteiger partial charge in [0.05, 0.1) is 11.5 Å². The number of nitrogens with zero attached hydrogens (tertiary/aromatic N) is 3. The highest BCUT2D eigenvalue weighted by molar-refractivity contribution is 5.96. The van der Waals surface area contributed by atoms with Crippen LogP contribution in [0.5, 0.6) is 5.75 Å². The molecule has 51 heavy (non-hydrogen) atoms. The van der Waals surface area contributed by atoms with E-state index in [0.29, 0.717) is 17.9 Å². The number of rotatable bonds is 14. The highest BCUT2D eigenvalue weighted by Gasteiger charge is 2.29. The molecule has 1 heterocycles. The quantitative estimate of drug-likeness (QED) is 0.0716. The number of carbonyl (C=O) groups is 2. The Morgan fingerprint density at radius 2 is 1.53 bits per heavy atom. The second-order valence-corrected chi connectivity index (χ2v) is 13.5. The van der Waals surface area contributed by atoms with Gasteiger partial charge in [-0.25, -0.2) is 9.59 Å². The van der Waals surface area contributed by atoms with Crippen molar-refractivity contribution in [3.63, 3.8) is 0 Å². The average Bonchev–Trinajstić information content (AvgIpc) is 3.46. The third-order valence-electron chi connectivity index (χ3n) is 8.16. The Balaban J connectivity index is 1.39. The maximum absolute atomic E-state index is 13.5. The molecule has 0 radical (unpaired) electrons. The van der Waals surface area contributed by atoms with Crippen molar-refractivity contribution in [1.82, 2.24) is 9.47 Å². The van der Waals surface area contributed by atoms with E-state index in [0.717, 1.165) is 27.6 Å². The number of aliphatic hydroxyl groups is 1. The highest BCUT2D eigenvalue weighted by atomic mass is 16.6. The molecule has 11 nitrogen and oxygen atoms in total. The van der Waals surface area contributed by atoms with Gasteiger partial charge in [-0.05, 0) is 81.1 Å². The van der Waals surface area contributed by atoms with Crippen LogP contribution in [-0.2, 0) is 29.0 Å². The Hall–Kier alpha value is -5.68. The molecule has 0 aliphatic carbocycles. The molecule has 0 fully saturated rings.